The van der Waals surface area contributed by atoms with E-state index < -0.39 is 5.97 Å². The van der Waals surface area contributed by atoms with Crippen LogP contribution in [-0.2, 0) is 19.1 Å². The zero-order valence-electron chi connectivity index (χ0n) is 12.3. The van der Waals surface area contributed by atoms with Crippen molar-refractivity contribution in [3.63, 3.8) is 0 Å². The second-order valence-electron chi connectivity index (χ2n) is 4.48. The first-order chi connectivity index (χ1) is 8.76. The third-order valence-electron chi connectivity index (χ3n) is 1.68. The smallest absolute Gasteiger partial charge is 0.330 e. The molecule has 0 aliphatic carbocycles. The van der Waals surface area contributed by atoms with Crippen LogP contribution in [0.4, 0.5) is 0 Å². The molecular formula is C13H24ClNO5. The summed E-state index contributed by atoms with van der Waals surface area (Å²) >= 11 is 0. The van der Waals surface area contributed by atoms with Crippen LogP contribution >= 0.6 is 0 Å². The van der Waals surface area contributed by atoms with E-state index in [1.54, 1.807) is 0 Å². The molecule has 20 heavy (non-hydrogen) atoms. The van der Waals surface area contributed by atoms with Gasteiger partial charge in [0.1, 0.15) is 19.8 Å². The van der Waals surface area contributed by atoms with E-state index >= 15 is 0 Å². The predicted octanol–water partition coefficient (Wildman–Crippen LogP) is -2.87. The summed E-state index contributed by atoms with van der Waals surface area (Å²) in [5.74, 6) is -0.850. The topological polar surface area (TPSA) is 72.8 Å². The summed E-state index contributed by atoms with van der Waals surface area (Å²) in [5, 5.41) is 8.10. The molecule has 0 heterocycles. The molecule has 0 spiro atoms. The van der Waals surface area contributed by atoms with Gasteiger partial charge < -0.3 is 31.5 Å². The average molecular weight is 310 g/mol. The SMILES string of the molecule is C=CC(=O)OCCO.C=CC(=O)OCC[N+](C)(C)C.[Cl-]. The molecule has 6 nitrogen and oxygen atoms in total. The summed E-state index contributed by atoms with van der Waals surface area (Å²) in [6.45, 7) is 7.63. The maximum absolute atomic E-state index is 10.6. The minimum atomic E-state index is -0.501. The lowest BCUT2D eigenvalue weighted by Gasteiger charge is -2.23. The fourth-order valence-corrected chi connectivity index (χ4v) is 0.684. The van der Waals surface area contributed by atoms with Crippen molar-refractivity contribution in [2.24, 2.45) is 0 Å². The summed E-state index contributed by atoms with van der Waals surface area (Å²) in [6, 6.07) is 0. The van der Waals surface area contributed by atoms with Gasteiger partial charge in [0.25, 0.3) is 0 Å². The van der Waals surface area contributed by atoms with Crippen molar-refractivity contribution in [2.75, 3.05) is 47.5 Å². The average Bonchev–Trinajstić information content (AvgIpc) is 2.34. The number of aliphatic hydroxyl groups is 1. The van der Waals surface area contributed by atoms with Crippen molar-refractivity contribution in [3.8, 4) is 0 Å². The van der Waals surface area contributed by atoms with Gasteiger partial charge in [0.15, 0.2) is 0 Å². The molecule has 118 valence electrons. The number of nitrogens with zero attached hydrogens (tertiary/aromatic N) is 1. The van der Waals surface area contributed by atoms with Crippen LogP contribution in [-0.4, -0.2) is 69.0 Å². The first-order valence-electron chi connectivity index (χ1n) is 5.76. The van der Waals surface area contributed by atoms with Crippen molar-refractivity contribution < 1.29 is 41.1 Å². The fourth-order valence-electron chi connectivity index (χ4n) is 0.684. The normalized spacial score (nSPS) is 9.20. The molecule has 0 aliphatic rings. The summed E-state index contributed by atoms with van der Waals surface area (Å²) in [4.78, 5) is 20.7. The largest absolute Gasteiger partial charge is 1.00 e. The number of ether oxygens (including phenoxy) is 2. The molecule has 0 unspecified atom stereocenters. The first-order valence-corrected chi connectivity index (χ1v) is 5.76. The molecule has 0 saturated carbocycles. The van der Waals surface area contributed by atoms with Gasteiger partial charge >= 0.3 is 11.9 Å². The van der Waals surface area contributed by atoms with Crippen molar-refractivity contribution in [1.82, 2.24) is 0 Å². The lowest BCUT2D eigenvalue weighted by atomic mass is 10.5. The van der Waals surface area contributed by atoms with Crippen LogP contribution in [0.2, 0.25) is 0 Å². The Bertz CT molecular complexity index is 300. The Labute approximate surface area is 126 Å². The number of carbonyl (C=O) groups is 2. The fraction of sp³-hybridized carbons (Fsp3) is 0.538. The Hall–Kier alpha value is -1.37. The lowest BCUT2D eigenvalue weighted by molar-refractivity contribution is -0.870. The lowest BCUT2D eigenvalue weighted by Crippen LogP contribution is -3.00. The van der Waals surface area contributed by atoms with Crippen LogP contribution in [0.5, 0.6) is 0 Å². The van der Waals surface area contributed by atoms with E-state index in [1.165, 1.54) is 6.08 Å². The molecule has 1 N–H and O–H groups in total. The Morgan fingerprint density at radius 1 is 1.05 bits per heavy atom. The van der Waals surface area contributed by atoms with Crippen LogP contribution < -0.4 is 12.4 Å². The number of hydrogen-bond acceptors (Lipinski definition) is 5. The zero-order valence-corrected chi connectivity index (χ0v) is 13.1. The molecule has 0 aromatic rings. The molecule has 0 radical (unpaired) electrons. The van der Waals surface area contributed by atoms with E-state index in [1.807, 2.05) is 21.1 Å². The highest BCUT2D eigenvalue weighted by Crippen LogP contribution is 1.89. The first kappa shape index (κ1) is 23.7. The number of esters is 2. The van der Waals surface area contributed by atoms with Crippen molar-refractivity contribution in [2.45, 2.75) is 0 Å². The summed E-state index contributed by atoms with van der Waals surface area (Å²) in [7, 11) is 6.13. The molecule has 0 aromatic heterocycles. The summed E-state index contributed by atoms with van der Waals surface area (Å²) < 4.78 is 9.92. The van der Waals surface area contributed by atoms with Gasteiger partial charge in [-0.3, -0.25) is 0 Å². The zero-order chi connectivity index (χ0) is 15.3. The van der Waals surface area contributed by atoms with Gasteiger partial charge in [-0.15, -0.1) is 0 Å². The number of hydrogen-bond donors (Lipinski definition) is 1. The standard InChI is InChI=1S/C8H16NO2.C5H8O3.ClH/c1-5-8(10)11-7-6-9(2,3)4;1-2-5(7)8-4-3-6;/h5H,1,6-7H2,2-4H3;2,6H,1,3-4H2;1H/q+1;;/p-1. The number of quaternary nitrogens is 1. The molecule has 0 saturated heterocycles. The van der Waals surface area contributed by atoms with Gasteiger partial charge in [0.2, 0.25) is 0 Å². The van der Waals surface area contributed by atoms with Gasteiger partial charge in [-0.05, 0) is 0 Å². The molecule has 0 fully saturated rings. The summed E-state index contributed by atoms with van der Waals surface area (Å²) in [5.41, 5.74) is 0. The minimum absolute atomic E-state index is 0. The van der Waals surface area contributed by atoms with Gasteiger partial charge in [0.05, 0.1) is 27.7 Å². The van der Waals surface area contributed by atoms with E-state index in [2.05, 4.69) is 17.9 Å². The Balaban J connectivity index is -0.000000288. The van der Waals surface area contributed by atoms with Crippen LogP contribution in [0, 0.1) is 0 Å². The molecule has 0 rings (SSSR count). The van der Waals surface area contributed by atoms with Crippen LogP contribution in [0.1, 0.15) is 0 Å². The van der Waals surface area contributed by atoms with Crippen LogP contribution in [0.15, 0.2) is 25.3 Å². The van der Waals surface area contributed by atoms with E-state index in [9.17, 15) is 9.59 Å². The van der Waals surface area contributed by atoms with Crippen molar-refractivity contribution in [3.05, 3.63) is 25.3 Å². The highest BCUT2D eigenvalue weighted by molar-refractivity contribution is 5.81. The molecule has 7 heteroatoms. The molecule has 0 aromatic carbocycles. The van der Waals surface area contributed by atoms with E-state index in [0.29, 0.717) is 6.61 Å². The summed E-state index contributed by atoms with van der Waals surface area (Å²) in [6.07, 6.45) is 2.23. The highest BCUT2D eigenvalue weighted by Gasteiger charge is 2.06. The number of carbonyl (C=O) groups excluding carboxylic acids is 2. The second kappa shape index (κ2) is 14.0. The number of likely N-dealkylation sites (N-methyl/N-ethyl adjacent to an activating group) is 1. The van der Waals surface area contributed by atoms with Gasteiger partial charge in [-0.1, -0.05) is 13.2 Å². The number of aliphatic hydroxyl groups excluding tert-OH is 1. The highest BCUT2D eigenvalue weighted by atomic mass is 35.5. The maximum atomic E-state index is 10.6. The third kappa shape index (κ3) is 21.9. The molecule has 0 aliphatic heterocycles. The molecule has 0 atom stereocenters. The van der Waals surface area contributed by atoms with E-state index in [-0.39, 0.29) is 31.6 Å². The second-order valence-corrected chi connectivity index (χ2v) is 4.48. The number of rotatable bonds is 7. The molecular weight excluding hydrogens is 286 g/mol. The van der Waals surface area contributed by atoms with E-state index in [0.717, 1.165) is 17.1 Å². The number of halogens is 1. The van der Waals surface area contributed by atoms with E-state index in [4.69, 9.17) is 9.84 Å². The quantitative estimate of drug-likeness (QED) is 0.311. The molecule has 0 bridgehead atoms. The van der Waals surface area contributed by atoms with Gasteiger partial charge in [-0.2, -0.15) is 0 Å². The van der Waals surface area contributed by atoms with Crippen molar-refractivity contribution in [1.29, 1.82) is 0 Å². The predicted molar refractivity (Wildman–Crippen MR) is 72.3 cm³/mol. The monoisotopic (exact) mass is 309 g/mol. The van der Waals surface area contributed by atoms with Crippen LogP contribution in [0.25, 0.3) is 0 Å². The van der Waals surface area contributed by atoms with Gasteiger partial charge in [-0.25, -0.2) is 9.59 Å². The van der Waals surface area contributed by atoms with Crippen LogP contribution in [0.3, 0.4) is 0 Å². The molecule has 0 amide bonds. The third-order valence-corrected chi connectivity index (χ3v) is 1.68. The Kier molecular flexibility index (Phi) is 16.6. The van der Waals surface area contributed by atoms with Gasteiger partial charge in [0, 0.05) is 12.2 Å². The Morgan fingerprint density at radius 3 is 1.75 bits per heavy atom. The Morgan fingerprint density at radius 2 is 1.45 bits per heavy atom. The van der Waals surface area contributed by atoms with Crippen molar-refractivity contribution >= 4 is 11.9 Å². The maximum Gasteiger partial charge on any atom is 0.330 e. The minimum Gasteiger partial charge on any atom is -1.00 e.